The number of benzene rings is 1. The number of aromatic nitrogens is 2. The highest BCUT2D eigenvalue weighted by Gasteiger charge is 2.29. The molecule has 2 aromatic heterocycles. The molecule has 14 nitrogen and oxygen atoms in total. The molecule has 3 rings (SSSR count). The van der Waals surface area contributed by atoms with E-state index in [0.29, 0.717) is 17.5 Å². The van der Waals surface area contributed by atoms with Crippen molar-refractivity contribution in [2.24, 2.45) is 11.1 Å². The van der Waals surface area contributed by atoms with Crippen LogP contribution in [0.3, 0.4) is 0 Å². The van der Waals surface area contributed by atoms with Gasteiger partial charge in [0.2, 0.25) is 5.88 Å². The van der Waals surface area contributed by atoms with Gasteiger partial charge in [-0.2, -0.15) is 8.42 Å². The van der Waals surface area contributed by atoms with Crippen molar-refractivity contribution in [2.45, 2.75) is 26.8 Å². The minimum Gasteiger partial charge on any atom is -0.481 e. The average molecular weight is 613 g/mol. The van der Waals surface area contributed by atoms with Crippen molar-refractivity contribution in [1.29, 1.82) is 5.41 Å². The summed E-state index contributed by atoms with van der Waals surface area (Å²) in [6.45, 7) is 5.05. The number of carbonyl (C=O) groups excluding carboxylic acids is 3. The van der Waals surface area contributed by atoms with Crippen LogP contribution in [0.5, 0.6) is 5.88 Å². The second-order valence-corrected chi connectivity index (χ2v) is 12.0. The number of hydrogen-bond acceptors (Lipinski definition) is 11. The average Bonchev–Trinajstić information content (AvgIpc) is 2.93. The normalized spacial score (nSPS) is 12.1. The van der Waals surface area contributed by atoms with E-state index in [1.54, 1.807) is 20.8 Å². The molecule has 0 bridgehead atoms. The van der Waals surface area contributed by atoms with Crippen LogP contribution in [0.15, 0.2) is 48.5 Å². The lowest BCUT2D eigenvalue weighted by Gasteiger charge is -2.29. The maximum atomic E-state index is 13.4. The number of pyridine rings is 2. The van der Waals surface area contributed by atoms with Gasteiger partial charge in [0, 0.05) is 28.4 Å². The number of methoxy groups -OCH3 is 1. The molecule has 3 aromatic rings. The van der Waals surface area contributed by atoms with Crippen molar-refractivity contribution in [1.82, 2.24) is 15.3 Å². The molecular weight excluding hydrogens is 580 g/mol. The minimum atomic E-state index is -4.30. The van der Waals surface area contributed by atoms with Crippen LogP contribution in [-0.4, -0.2) is 73.1 Å². The molecule has 1 aromatic carbocycles. The maximum absolute atomic E-state index is 13.4. The first-order valence-electron chi connectivity index (χ1n) is 12.7. The Labute approximate surface area is 248 Å². The smallest absolute Gasteiger partial charge is 0.373 e. The molecule has 43 heavy (non-hydrogen) atoms. The Balaban J connectivity index is 2.13. The van der Waals surface area contributed by atoms with Gasteiger partial charge in [-0.05, 0) is 47.9 Å². The molecule has 0 aliphatic carbocycles. The monoisotopic (exact) mass is 612 g/mol. The summed E-state index contributed by atoms with van der Waals surface area (Å²) < 4.78 is 33.4. The van der Waals surface area contributed by atoms with Crippen LogP contribution in [0.2, 0.25) is 0 Å². The van der Waals surface area contributed by atoms with Gasteiger partial charge in [-0.3, -0.25) is 15.0 Å². The van der Waals surface area contributed by atoms with Gasteiger partial charge in [-0.1, -0.05) is 20.8 Å². The van der Waals surface area contributed by atoms with E-state index in [-0.39, 0.29) is 40.8 Å². The van der Waals surface area contributed by atoms with Gasteiger partial charge in [0.1, 0.15) is 17.2 Å². The number of rotatable bonds is 10. The van der Waals surface area contributed by atoms with Gasteiger partial charge in [-0.15, -0.1) is 0 Å². The van der Waals surface area contributed by atoms with Crippen LogP contribution in [0, 0.1) is 10.8 Å². The summed E-state index contributed by atoms with van der Waals surface area (Å²) in [4.78, 5) is 47.8. The van der Waals surface area contributed by atoms with Crippen molar-refractivity contribution in [3.05, 3.63) is 71.2 Å². The van der Waals surface area contributed by atoms with Crippen LogP contribution in [-0.2, 0) is 14.3 Å². The molecule has 6 N–H and O–H groups in total. The molecule has 0 spiro atoms. The van der Waals surface area contributed by atoms with E-state index >= 15 is 0 Å². The van der Waals surface area contributed by atoms with E-state index in [9.17, 15) is 27.9 Å². The van der Waals surface area contributed by atoms with Crippen molar-refractivity contribution in [3.63, 3.8) is 0 Å². The molecule has 2 amide bonds. The second-order valence-electron chi connectivity index (χ2n) is 10.4. The van der Waals surface area contributed by atoms with Gasteiger partial charge in [-0.25, -0.2) is 14.8 Å². The van der Waals surface area contributed by atoms with E-state index in [4.69, 9.17) is 15.9 Å². The summed E-state index contributed by atoms with van der Waals surface area (Å²) in [7, 11) is -2.96. The highest BCUT2D eigenvalue weighted by atomic mass is 32.2. The Kier molecular flexibility index (Phi) is 9.83. The van der Waals surface area contributed by atoms with Crippen LogP contribution in [0.25, 0.3) is 11.1 Å². The van der Waals surface area contributed by atoms with E-state index in [0.717, 1.165) is 0 Å². The molecule has 0 saturated heterocycles. The fourth-order valence-corrected chi connectivity index (χ4v) is 4.13. The summed E-state index contributed by atoms with van der Waals surface area (Å²) in [6, 6.07) is 10.8. The molecule has 15 heteroatoms. The first kappa shape index (κ1) is 32.6. The first-order chi connectivity index (χ1) is 20.0. The molecule has 0 radical (unpaired) electrons. The molecule has 228 valence electrons. The van der Waals surface area contributed by atoms with E-state index in [1.165, 1.54) is 55.6 Å². The van der Waals surface area contributed by atoms with Gasteiger partial charge < -0.3 is 30.4 Å². The molecule has 0 aliphatic heterocycles. The number of nitrogens with zero attached hydrogens (tertiary/aromatic N) is 2. The molecule has 2 heterocycles. The lowest BCUT2D eigenvalue weighted by molar-refractivity contribution is 0.0742. The predicted molar refractivity (Wildman–Crippen MR) is 157 cm³/mol. The number of hydrogen-bond donors (Lipinski definition) is 5. The van der Waals surface area contributed by atoms with Crippen molar-refractivity contribution >= 4 is 39.4 Å². The Bertz CT molecular complexity index is 1670. The summed E-state index contributed by atoms with van der Waals surface area (Å²) >= 11 is 0. The topological polar surface area (TPSA) is 224 Å². The number of carbonyl (C=O) groups is 3. The van der Waals surface area contributed by atoms with Crippen LogP contribution < -0.4 is 21.1 Å². The Morgan fingerprint density at radius 2 is 1.58 bits per heavy atom. The number of anilines is 1. The minimum absolute atomic E-state index is 0.0430. The zero-order valence-corrected chi connectivity index (χ0v) is 24.9. The summed E-state index contributed by atoms with van der Waals surface area (Å²) in [5, 5.41) is 22.6. The lowest BCUT2D eigenvalue weighted by Crippen LogP contribution is -2.46. The quantitative estimate of drug-likeness (QED) is 0.126. The van der Waals surface area contributed by atoms with Gasteiger partial charge in [0.15, 0.2) is 5.69 Å². The van der Waals surface area contributed by atoms with Crippen LogP contribution >= 0.6 is 0 Å². The van der Waals surface area contributed by atoms with E-state index < -0.39 is 45.1 Å². The van der Waals surface area contributed by atoms with Crippen molar-refractivity contribution in [3.8, 4) is 17.0 Å². The second kappa shape index (κ2) is 13.0. The Hall–Kier alpha value is -4.89. The fraction of sp³-hybridized carbons (Fsp3) is 0.286. The molecule has 1 atom stereocenters. The third kappa shape index (κ3) is 8.33. The first-order valence-corrected chi connectivity index (χ1v) is 14.5. The summed E-state index contributed by atoms with van der Waals surface area (Å²) in [5.74, 6) is -2.97. The predicted octanol–water partition coefficient (Wildman–Crippen LogP) is 1.94. The number of nitrogens with one attached hydrogen (secondary N) is 3. The lowest BCUT2D eigenvalue weighted by atomic mass is 9.87. The van der Waals surface area contributed by atoms with Gasteiger partial charge in [0.25, 0.3) is 11.8 Å². The maximum Gasteiger partial charge on any atom is 0.373 e. The molecule has 0 aliphatic rings. The fourth-order valence-electron chi connectivity index (χ4n) is 3.77. The largest absolute Gasteiger partial charge is 0.481 e. The van der Waals surface area contributed by atoms with Gasteiger partial charge >= 0.3 is 16.1 Å². The highest BCUT2D eigenvalue weighted by Crippen LogP contribution is 2.30. The molecule has 0 unspecified atom stereocenters. The van der Waals surface area contributed by atoms with Crippen molar-refractivity contribution < 1.29 is 36.8 Å². The summed E-state index contributed by atoms with van der Waals surface area (Å²) in [5.41, 5.74) is 4.64. The number of aliphatic hydroxyl groups is 1. The third-order valence-corrected chi connectivity index (χ3v) is 6.57. The Morgan fingerprint density at radius 3 is 2.12 bits per heavy atom. The summed E-state index contributed by atoms with van der Waals surface area (Å²) in [6.07, 6.45) is 0.668. The number of amides is 2. The van der Waals surface area contributed by atoms with Gasteiger partial charge in [0.05, 0.1) is 26.0 Å². The zero-order valence-electron chi connectivity index (χ0n) is 24.1. The van der Waals surface area contributed by atoms with E-state index in [2.05, 4.69) is 24.8 Å². The molecular formula is C28H32N6O8S. The Morgan fingerprint density at radius 1 is 0.977 bits per heavy atom. The zero-order chi connectivity index (χ0) is 32.1. The van der Waals surface area contributed by atoms with Crippen LogP contribution in [0.1, 0.15) is 57.8 Å². The van der Waals surface area contributed by atoms with Crippen LogP contribution in [0.4, 0.5) is 5.69 Å². The third-order valence-electron chi connectivity index (χ3n) is 6.12. The highest BCUT2D eigenvalue weighted by molar-refractivity contribution is 7.86. The molecule has 0 saturated carbocycles. The molecule has 0 fully saturated rings. The number of ether oxygens (including phenoxy) is 1. The van der Waals surface area contributed by atoms with E-state index in [1.807, 2.05) is 0 Å². The number of amidine groups is 1. The standard InChI is InChI=1S/C28H32N6O8S/c1-28(2,3)20(14-35)33-25(36)19-12-10-18(23(32-19)27(38)42-43(5,39)40)17-11-13-21(41-4)34-22(17)26(37)31-16-8-6-15(7-9-16)24(29)30/h6-13,20,35H,14H2,1-5H3,(H3,29,30)(H,31,37)(H,33,36)/t20-/m1/s1. The number of nitrogens with two attached hydrogens (primary N) is 1. The number of nitrogen functional groups attached to an aromatic ring is 1. The van der Waals surface area contributed by atoms with Crippen molar-refractivity contribution in [2.75, 3.05) is 25.3 Å². The SMILES string of the molecule is COc1ccc(-c2ccc(C(=O)N[C@H](CO)C(C)(C)C)nc2C(=O)OS(C)(=O)=O)c(C(=O)Nc2ccc(C(=N)N)cc2)n1. The number of aliphatic hydroxyl groups excluding tert-OH is 1.